The molecule has 3 fully saturated rings. The number of hydrogen-bond acceptors (Lipinski definition) is 2. The van der Waals surface area contributed by atoms with Crippen LogP contribution in [0.4, 0.5) is 0 Å². The van der Waals surface area contributed by atoms with E-state index >= 15 is 0 Å². The molecule has 1 heterocycles. The van der Waals surface area contributed by atoms with Crippen molar-refractivity contribution in [3.8, 4) is 0 Å². The Labute approximate surface area is 152 Å². The van der Waals surface area contributed by atoms with E-state index in [1.54, 1.807) is 0 Å². The number of hydrogen-bond donors (Lipinski definition) is 2. The van der Waals surface area contributed by atoms with Crippen LogP contribution in [0.2, 0.25) is 0 Å². The lowest BCUT2D eigenvalue weighted by Gasteiger charge is -2.38. The van der Waals surface area contributed by atoms with E-state index in [1.807, 2.05) is 0 Å². The molecule has 0 unspecified atom stereocenters. The molecule has 4 nitrogen and oxygen atoms in total. The van der Waals surface area contributed by atoms with Gasteiger partial charge in [-0.2, -0.15) is 0 Å². The minimum Gasteiger partial charge on any atom is -0.388 e. The number of halogens is 1. The summed E-state index contributed by atoms with van der Waals surface area (Å²) in [6, 6.07) is 0. The van der Waals surface area contributed by atoms with Crippen LogP contribution in [-0.4, -0.2) is 47.7 Å². The highest BCUT2D eigenvalue weighted by atomic mass is 127. The Morgan fingerprint density at radius 2 is 1.82 bits per heavy atom. The van der Waals surface area contributed by atoms with Crippen molar-refractivity contribution in [3.05, 3.63) is 0 Å². The van der Waals surface area contributed by atoms with E-state index in [9.17, 15) is 5.11 Å². The maximum atomic E-state index is 10.6. The van der Waals surface area contributed by atoms with Crippen LogP contribution in [0.3, 0.4) is 0 Å². The fourth-order valence-electron chi connectivity index (χ4n) is 4.22. The largest absolute Gasteiger partial charge is 0.388 e. The predicted molar refractivity (Wildman–Crippen MR) is 102 cm³/mol. The summed E-state index contributed by atoms with van der Waals surface area (Å²) in [5.74, 6) is 1.03. The molecule has 0 amide bonds. The first-order chi connectivity index (χ1) is 10.1. The minimum atomic E-state index is -0.549. The molecule has 0 bridgehead atoms. The van der Waals surface area contributed by atoms with Crippen LogP contribution in [-0.2, 0) is 0 Å². The van der Waals surface area contributed by atoms with Crippen molar-refractivity contribution in [2.24, 2.45) is 10.4 Å². The van der Waals surface area contributed by atoms with Crippen molar-refractivity contribution in [1.29, 1.82) is 0 Å². The maximum Gasteiger partial charge on any atom is 0.194 e. The summed E-state index contributed by atoms with van der Waals surface area (Å²) >= 11 is 0. The number of rotatable bonds is 3. The minimum absolute atomic E-state index is 0. The smallest absolute Gasteiger partial charge is 0.194 e. The van der Waals surface area contributed by atoms with Crippen LogP contribution in [0.1, 0.15) is 64.7 Å². The van der Waals surface area contributed by atoms with Crippen molar-refractivity contribution in [1.82, 2.24) is 10.2 Å². The molecule has 0 aromatic rings. The first kappa shape index (κ1) is 18.3. The quantitative estimate of drug-likeness (QED) is 0.418. The summed E-state index contributed by atoms with van der Waals surface area (Å²) in [6.45, 7) is 5.89. The van der Waals surface area contributed by atoms with Crippen LogP contribution in [0.15, 0.2) is 4.99 Å². The van der Waals surface area contributed by atoms with Gasteiger partial charge in [0.1, 0.15) is 0 Å². The van der Waals surface area contributed by atoms with Gasteiger partial charge in [0, 0.05) is 19.6 Å². The van der Waals surface area contributed by atoms with Crippen LogP contribution in [0.5, 0.6) is 0 Å². The molecule has 2 aliphatic carbocycles. The van der Waals surface area contributed by atoms with Gasteiger partial charge in [0.15, 0.2) is 5.96 Å². The predicted octanol–water partition coefficient (Wildman–Crippen LogP) is 3.14. The molecule has 0 radical (unpaired) electrons. The van der Waals surface area contributed by atoms with Gasteiger partial charge < -0.3 is 15.3 Å². The summed E-state index contributed by atoms with van der Waals surface area (Å²) < 4.78 is 0. The Morgan fingerprint density at radius 1 is 1.09 bits per heavy atom. The number of aliphatic hydroxyl groups is 1. The molecule has 2 saturated carbocycles. The lowest BCUT2D eigenvalue weighted by Crippen LogP contribution is -2.44. The normalized spacial score (nSPS) is 26.5. The molecular formula is C17H32IN3O. The fourth-order valence-corrected chi connectivity index (χ4v) is 4.22. The first-order valence-corrected chi connectivity index (χ1v) is 8.91. The number of nitrogens with one attached hydrogen (secondary N) is 1. The summed E-state index contributed by atoms with van der Waals surface area (Å²) in [4.78, 5) is 7.22. The SMILES string of the molecule is CCNC(=NCC1(O)CCCCC1)N1CCC2(CCC2)C1.I. The van der Waals surface area contributed by atoms with E-state index in [4.69, 9.17) is 4.99 Å². The van der Waals surface area contributed by atoms with Gasteiger partial charge in [-0.1, -0.05) is 25.7 Å². The average Bonchev–Trinajstić information content (AvgIpc) is 2.90. The number of nitrogens with zero attached hydrogens (tertiary/aromatic N) is 2. The second kappa shape index (κ2) is 7.69. The standard InChI is InChI=1S/C17H31N3O.HI/c1-2-18-15(19-13-17(21)9-4-3-5-10-17)20-12-11-16(14-20)7-6-8-16;/h21H,2-14H2,1H3,(H,18,19);1H. The fraction of sp³-hybridized carbons (Fsp3) is 0.941. The Morgan fingerprint density at radius 3 is 2.36 bits per heavy atom. The Balaban J connectivity index is 0.00000176. The summed E-state index contributed by atoms with van der Waals surface area (Å²) in [5, 5.41) is 14.1. The van der Waals surface area contributed by atoms with Crippen LogP contribution in [0, 0.1) is 5.41 Å². The molecule has 3 rings (SSSR count). The van der Waals surface area contributed by atoms with Gasteiger partial charge in [-0.15, -0.1) is 24.0 Å². The van der Waals surface area contributed by atoms with Crippen molar-refractivity contribution < 1.29 is 5.11 Å². The Hall–Kier alpha value is -0.0400. The second-order valence-electron chi connectivity index (χ2n) is 7.48. The monoisotopic (exact) mass is 421 g/mol. The second-order valence-corrected chi connectivity index (χ2v) is 7.48. The van der Waals surface area contributed by atoms with Gasteiger partial charge in [0.25, 0.3) is 0 Å². The van der Waals surface area contributed by atoms with Gasteiger partial charge >= 0.3 is 0 Å². The van der Waals surface area contributed by atoms with Crippen LogP contribution in [0.25, 0.3) is 0 Å². The van der Waals surface area contributed by atoms with Gasteiger partial charge in [-0.25, -0.2) is 0 Å². The zero-order chi connectivity index (χ0) is 14.8. The molecule has 0 atom stereocenters. The highest BCUT2D eigenvalue weighted by Gasteiger charge is 2.43. The maximum absolute atomic E-state index is 10.6. The third-order valence-electron chi connectivity index (χ3n) is 5.79. The molecule has 0 aromatic carbocycles. The summed E-state index contributed by atoms with van der Waals surface area (Å²) in [5.41, 5.74) is 0.0464. The molecule has 2 N–H and O–H groups in total. The van der Waals surface area contributed by atoms with E-state index in [1.165, 1.54) is 32.1 Å². The molecule has 3 aliphatic rings. The molecule has 1 saturated heterocycles. The van der Waals surface area contributed by atoms with E-state index in [0.717, 1.165) is 51.3 Å². The molecule has 22 heavy (non-hydrogen) atoms. The van der Waals surface area contributed by atoms with E-state index in [0.29, 0.717) is 12.0 Å². The number of guanidine groups is 1. The van der Waals surface area contributed by atoms with E-state index in [-0.39, 0.29) is 24.0 Å². The van der Waals surface area contributed by atoms with E-state index in [2.05, 4.69) is 17.1 Å². The van der Waals surface area contributed by atoms with Gasteiger partial charge in [-0.05, 0) is 44.4 Å². The lowest BCUT2D eigenvalue weighted by molar-refractivity contribution is 0.0129. The Kier molecular flexibility index (Phi) is 6.39. The molecule has 1 spiro atoms. The Bertz CT molecular complexity index is 389. The average molecular weight is 421 g/mol. The molecule has 5 heteroatoms. The third kappa shape index (κ3) is 4.08. The third-order valence-corrected chi connectivity index (χ3v) is 5.79. The summed E-state index contributed by atoms with van der Waals surface area (Å²) in [6.07, 6.45) is 10.9. The van der Waals surface area contributed by atoms with Gasteiger partial charge in [-0.3, -0.25) is 4.99 Å². The van der Waals surface area contributed by atoms with Crippen molar-refractivity contribution in [2.75, 3.05) is 26.2 Å². The van der Waals surface area contributed by atoms with Crippen LogP contribution < -0.4 is 5.32 Å². The zero-order valence-corrected chi connectivity index (χ0v) is 16.3. The van der Waals surface area contributed by atoms with Crippen molar-refractivity contribution in [2.45, 2.75) is 70.3 Å². The lowest BCUT2D eigenvalue weighted by atomic mass is 9.68. The topological polar surface area (TPSA) is 47.9 Å². The zero-order valence-electron chi connectivity index (χ0n) is 13.9. The molecule has 0 aromatic heterocycles. The number of aliphatic imine (C=N–C) groups is 1. The van der Waals surface area contributed by atoms with Gasteiger partial charge in [0.2, 0.25) is 0 Å². The highest BCUT2D eigenvalue weighted by molar-refractivity contribution is 14.0. The molecular weight excluding hydrogens is 389 g/mol. The van der Waals surface area contributed by atoms with Crippen molar-refractivity contribution in [3.63, 3.8) is 0 Å². The van der Waals surface area contributed by atoms with E-state index < -0.39 is 5.60 Å². The first-order valence-electron chi connectivity index (χ1n) is 8.91. The molecule has 1 aliphatic heterocycles. The molecule has 128 valence electrons. The summed E-state index contributed by atoms with van der Waals surface area (Å²) in [7, 11) is 0. The van der Waals surface area contributed by atoms with Crippen molar-refractivity contribution >= 4 is 29.9 Å². The van der Waals surface area contributed by atoms with Gasteiger partial charge in [0.05, 0.1) is 12.1 Å². The number of likely N-dealkylation sites (tertiary alicyclic amines) is 1. The van der Waals surface area contributed by atoms with Crippen LogP contribution >= 0.6 is 24.0 Å². The highest BCUT2D eigenvalue weighted by Crippen LogP contribution is 2.47.